The molecule has 0 saturated heterocycles. The lowest BCUT2D eigenvalue weighted by molar-refractivity contribution is -0.131. The predicted molar refractivity (Wildman–Crippen MR) is 81.2 cm³/mol. The number of carbonyl (C=O) groups excluding carboxylic acids is 1. The average Bonchev–Trinajstić information content (AvgIpc) is 2.43. The van der Waals surface area contributed by atoms with E-state index in [-0.39, 0.29) is 5.91 Å². The summed E-state index contributed by atoms with van der Waals surface area (Å²) in [6.07, 6.45) is 0.841. The third-order valence-corrected chi connectivity index (χ3v) is 3.26. The van der Waals surface area contributed by atoms with E-state index < -0.39 is 0 Å². The molecule has 1 aromatic heterocycles. The van der Waals surface area contributed by atoms with Gasteiger partial charge < -0.3 is 10.6 Å². The Morgan fingerprint density at radius 3 is 2.75 bits per heavy atom. The lowest BCUT2D eigenvalue weighted by Gasteiger charge is -2.23. The second-order valence-corrected chi connectivity index (χ2v) is 5.03. The molecule has 0 fully saturated rings. The minimum atomic E-state index is 0.132. The highest BCUT2D eigenvalue weighted by Crippen LogP contribution is 2.04. The molecule has 20 heavy (non-hydrogen) atoms. The van der Waals surface area contributed by atoms with Gasteiger partial charge in [0.1, 0.15) is 0 Å². The highest BCUT2D eigenvalue weighted by molar-refractivity contribution is 5.77. The zero-order valence-corrected chi connectivity index (χ0v) is 12.8. The molecular formula is C15H26N4O. The number of amides is 1. The fourth-order valence-electron chi connectivity index (χ4n) is 1.96. The van der Waals surface area contributed by atoms with Crippen molar-refractivity contribution in [2.24, 2.45) is 5.73 Å². The number of rotatable bonds is 8. The first-order valence-electron chi connectivity index (χ1n) is 7.15. The minimum Gasteiger partial charge on any atom is -0.345 e. The standard InChI is InChI=1S/C15H26N4O/c1-4-19(11-14-8-5-7-13(2)17-14)12-15(20)18(3)10-6-9-16/h5,7-8H,4,6,9-12,16H2,1-3H3. The van der Waals surface area contributed by atoms with E-state index in [0.717, 1.165) is 30.9 Å². The van der Waals surface area contributed by atoms with Gasteiger partial charge in [0.2, 0.25) is 5.91 Å². The van der Waals surface area contributed by atoms with E-state index in [1.54, 1.807) is 4.90 Å². The second kappa shape index (κ2) is 8.66. The molecule has 0 spiro atoms. The largest absolute Gasteiger partial charge is 0.345 e. The minimum absolute atomic E-state index is 0.132. The maximum Gasteiger partial charge on any atom is 0.236 e. The van der Waals surface area contributed by atoms with Gasteiger partial charge >= 0.3 is 0 Å². The van der Waals surface area contributed by atoms with Gasteiger partial charge in [0.15, 0.2) is 0 Å². The summed E-state index contributed by atoms with van der Waals surface area (Å²) in [4.78, 5) is 20.4. The highest BCUT2D eigenvalue weighted by atomic mass is 16.2. The van der Waals surface area contributed by atoms with Gasteiger partial charge in [-0.3, -0.25) is 14.7 Å². The molecule has 0 unspecified atom stereocenters. The molecule has 0 aromatic carbocycles. The Kier molecular flexibility index (Phi) is 7.18. The summed E-state index contributed by atoms with van der Waals surface area (Å²) >= 11 is 0. The van der Waals surface area contributed by atoms with Gasteiger partial charge in [0, 0.05) is 25.8 Å². The van der Waals surface area contributed by atoms with Gasteiger partial charge in [-0.25, -0.2) is 0 Å². The van der Waals surface area contributed by atoms with Crippen molar-refractivity contribution in [1.29, 1.82) is 0 Å². The van der Waals surface area contributed by atoms with E-state index >= 15 is 0 Å². The number of likely N-dealkylation sites (N-methyl/N-ethyl adjacent to an activating group) is 2. The second-order valence-electron chi connectivity index (χ2n) is 5.03. The smallest absolute Gasteiger partial charge is 0.236 e. The van der Waals surface area contributed by atoms with Gasteiger partial charge in [0.05, 0.1) is 12.2 Å². The Morgan fingerprint density at radius 1 is 1.40 bits per heavy atom. The first-order valence-corrected chi connectivity index (χ1v) is 7.15. The lowest BCUT2D eigenvalue weighted by Crippen LogP contribution is -2.39. The summed E-state index contributed by atoms with van der Waals surface area (Å²) in [7, 11) is 1.83. The van der Waals surface area contributed by atoms with Crippen molar-refractivity contribution in [1.82, 2.24) is 14.8 Å². The van der Waals surface area contributed by atoms with Crippen molar-refractivity contribution >= 4 is 5.91 Å². The van der Waals surface area contributed by atoms with E-state index in [0.29, 0.717) is 19.6 Å². The molecule has 1 aromatic rings. The number of aryl methyl sites for hydroxylation is 1. The molecular weight excluding hydrogens is 252 g/mol. The third-order valence-electron chi connectivity index (χ3n) is 3.26. The van der Waals surface area contributed by atoms with Gasteiger partial charge in [-0.1, -0.05) is 13.0 Å². The number of aromatic nitrogens is 1. The summed E-state index contributed by atoms with van der Waals surface area (Å²) in [6, 6.07) is 5.98. The summed E-state index contributed by atoms with van der Waals surface area (Å²) in [5.74, 6) is 0.132. The van der Waals surface area contributed by atoms with Crippen LogP contribution in [0.4, 0.5) is 0 Å². The van der Waals surface area contributed by atoms with Crippen molar-refractivity contribution in [2.75, 3.05) is 33.2 Å². The Hall–Kier alpha value is -1.46. The molecule has 0 bridgehead atoms. The van der Waals surface area contributed by atoms with Gasteiger partial charge in [-0.2, -0.15) is 0 Å². The lowest BCUT2D eigenvalue weighted by atomic mass is 10.3. The molecule has 1 heterocycles. The van der Waals surface area contributed by atoms with Crippen LogP contribution >= 0.6 is 0 Å². The molecule has 1 amide bonds. The molecule has 0 saturated carbocycles. The third kappa shape index (κ3) is 5.67. The van der Waals surface area contributed by atoms with Crippen LogP contribution in [0.15, 0.2) is 18.2 Å². The fraction of sp³-hybridized carbons (Fsp3) is 0.600. The maximum atomic E-state index is 12.1. The summed E-state index contributed by atoms with van der Waals surface area (Å²) < 4.78 is 0. The molecule has 0 radical (unpaired) electrons. The average molecular weight is 278 g/mol. The molecule has 0 aliphatic rings. The van der Waals surface area contributed by atoms with E-state index in [4.69, 9.17) is 5.73 Å². The monoisotopic (exact) mass is 278 g/mol. The van der Waals surface area contributed by atoms with Crippen LogP contribution in [-0.4, -0.2) is 53.9 Å². The zero-order valence-electron chi connectivity index (χ0n) is 12.8. The Bertz CT molecular complexity index is 422. The van der Waals surface area contributed by atoms with E-state index in [9.17, 15) is 4.79 Å². The molecule has 0 atom stereocenters. The van der Waals surface area contributed by atoms with Crippen LogP contribution in [-0.2, 0) is 11.3 Å². The molecule has 0 aliphatic carbocycles. The van der Waals surface area contributed by atoms with Crippen molar-refractivity contribution in [3.05, 3.63) is 29.6 Å². The number of carbonyl (C=O) groups is 1. The molecule has 1 rings (SSSR count). The van der Waals surface area contributed by atoms with E-state index in [1.165, 1.54) is 0 Å². The Labute approximate surface area is 121 Å². The van der Waals surface area contributed by atoms with Crippen molar-refractivity contribution in [3.8, 4) is 0 Å². The van der Waals surface area contributed by atoms with Crippen molar-refractivity contribution in [3.63, 3.8) is 0 Å². The molecule has 5 heteroatoms. The normalized spacial score (nSPS) is 10.8. The van der Waals surface area contributed by atoms with Crippen molar-refractivity contribution in [2.45, 2.75) is 26.8 Å². The number of hydrogen-bond acceptors (Lipinski definition) is 4. The highest BCUT2D eigenvalue weighted by Gasteiger charge is 2.13. The summed E-state index contributed by atoms with van der Waals surface area (Å²) in [5, 5.41) is 0. The zero-order chi connectivity index (χ0) is 15.0. The fourth-order valence-corrected chi connectivity index (χ4v) is 1.96. The Balaban J connectivity index is 2.52. The van der Waals surface area contributed by atoms with Crippen LogP contribution in [0.5, 0.6) is 0 Å². The topological polar surface area (TPSA) is 62.5 Å². The molecule has 2 N–H and O–H groups in total. The van der Waals surface area contributed by atoms with Crippen LogP contribution in [0.1, 0.15) is 24.7 Å². The molecule has 112 valence electrons. The van der Waals surface area contributed by atoms with Gasteiger partial charge in [-0.15, -0.1) is 0 Å². The van der Waals surface area contributed by atoms with Crippen LogP contribution < -0.4 is 5.73 Å². The number of nitrogens with two attached hydrogens (primary N) is 1. The van der Waals surface area contributed by atoms with Crippen LogP contribution in [0.2, 0.25) is 0 Å². The van der Waals surface area contributed by atoms with E-state index in [2.05, 4.69) is 16.8 Å². The van der Waals surface area contributed by atoms with Gasteiger partial charge in [-0.05, 0) is 38.6 Å². The maximum absolute atomic E-state index is 12.1. The summed E-state index contributed by atoms with van der Waals surface area (Å²) in [6.45, 7) is 7.32. The first kappa shape index (κ1) is 16.6. The SMILES string of the molecule is CCN(CC(=O)N(C)CCCN)Cc1cccc(C)n1. The molecule has 5 nitrogen and oxygen atoms in total. The van der Waals surface area contributed by atoms with Gasteiger partial charge in [0.25, 0.3) is 0 Å². The van der Waals surface area contributed by atoms with E-state index in [1.807, 2.05) is 32.2 Å². The van der Waals surface area contributed by atoms with Crippen molar-refractivity contribution < 1.29 is 4.79 Å². The first-order chi connectivity index (χ1) is 9.56. The predicted octanol–water partition coefficient (Wildman–Crippen LogP) is 1.02. The number of nitrogens with zero attached hydrogens (tertiary/aromatic N) is 3. The Morgan fingerprint density at radius 2 is 2.15 bits per heavy atom. The number of hydrogen-bond donors (Lipinski definition) is 1. The van der Waals surface area contributed by atoms with Crippen LogP contribution in [0.3, 0.4) is 0 Å². The number of pyridine rings is 1. The quantitative estimate of drug-likeness (QED) is 0.771. The summed E-state index contributed by atoms with van der Waals surface area (Å²) in [5.41, 5.74) is 7.47. The van der Waals surface area contributed by atoms with Crippen LogP contribution in [0, 0.1) is 6.92 Å². The molecule has 0 aliphatic heterocycles. The van der Waals surface area contributed by atoms with Crippen LogP contribution in [0.25, 0.3) is 0 Å².